The molecule has 0 saturated carbocycles. The first-order chi connectivity index (χ1) is 6.63. The van der Waals surface area contributed by atoms with Crippen molar-refractivity contribution >= 4 is 0 Å². The van der Waals surface area contributed by atoms with Crippen molar-refractivity contribution < 1.29 is 0 Å². The Labute approximate surface area is 89.7 Å². The largest absolute Gasteiger partial charge is 0.304 e. The number of nitrogens with one attached hydrogen (secondary N) is 1. The molecule has 82 valence electrons. The van der Waals surface area contributed by atoms with Crippen molar-refractivity contribution in [3.8, 4) is 11.8 Å². The van der Waals surface area contributed by atoms with Gasteiger partial charge in [-0.2, -0.15) is 0 Å². The molecule has 1 heteroatoms. The van der Waals surface area contributed by atoms with Crippen LogP contribution in [0.25, 0.3) is 0 Å². The third kappa shape index (κ3) is 11.5. The van der Waals surface area contributed by atoms with Gasteiger partial charge in [0.25, 0.3) is 0 Å². The van der Waals surface area contributed by atoms with E-state index in [4.69, 9.17) is 0 Å². The molecule has 0 spiro atoms. The van der Waals surface area contributed by atoms with E-state index < -0.39 is 0 Å². The van der Waals surface area contributed by atoms with Crippen LogP contribution in [0.4, 0.5) is 0 Å². The summed E-state index contributed by atoms with van der Waals surface area (Å²) in [5.74, 6) is 7.18. The molecule has 0 aromatic rings. The van der Waals surface area contributed by atoms with Gasteiger partial charge in [-0.1, -0.05) is 32.6 Å². The highest BCUT2D eigenvalue weighted by Gasteiger charge is 1.92. The second-order valence-electron chi connectivity index (χ2n) is 4.53. The van der Waals surface area contributed by atoms with E-state index in [1.807, 2.05) is 0 Å². The molecule has 0 aromatic carbocycles. The molecule has 0 aliphatic carbocycles. The Bertz CT molecular complexity index is 171. The molecule has 0 aliphatic heterocycles. The van der Waals surface area contributed by atoms with Crippen LogP contribution >= 0.6 is 0 Å². The highest BCUT2D eigenvalue weighted by atomic mass is 14.9. The van der Waals surface area contributed by atoms with E-state index in [1.165, 1.54) is 19.3 Å². The first-order valence-electron chi connectivity index (χ1n) is 5.82. The van der Waals surface area contributed by atoms with E-state index in [0.717, 1.165) is 18.9 Å². The zero-order valence-corrected chi connectivity index (χ0v) is 10.2. The minimum absolute atomic E-state index is 0.547. The third-order valence-corrected chi connectivity index (χ3v) is 2.06. The van der Waals surface area contributed by atoms with E-state index in [-0.39, 0.29) is 0 Å². The molecule has 1 nitrogen and oxygen atoms in total. The van der Waals surface area contributed by atoms with Gasteiger partial charge in [-0.3, -0.25) is 0 Å². The first kappa shape index (κ1) is 13.5. The van der Waals surface area contributed by atoms with Crippen molar-refractivity contribution in [2.45, 2.75) is 59.4 Å². The minimum Gasteiger partial charge on any atom is -0.304 e. The molecule has 0 fully saturated rings. The Morgan fingerprint density at radius 2 is 1.71 bits per heavy atom. The normalized spacial score (nSPS) is 10.4. The number of unbranched alkanes of at least 4 members (excludes halogenated alkanes) is 2. The lowest BCUT2D eigenvalue weighted by molar-refractivity contribution is 0.542. The fourth-order valence-electron chi connectivity index (χ4n) is 1.17. The van der Waals surface area contributed by atoms with E-state index in [0.29, 0.717) is 6.04 Å². The SMILES string of the molecule is CC(C)CCCCC#CCNC(C)C. The molecule has 0 aliphatic rings. The van der Waals surface area contributed by atoms with Gasteiger partial charge in [0.05, 0.1) is 6.54 Å². The van der Waals surface area contributed by atoms with Gasteiger partial charge < -0.3 is 5.32 Å². The van der Waals surface area contributed by atoms with E-state index in [9.17, 15) is 0 Å². The third-order valence-electron chi connectivity index (χ3n) is 2.06. The highest BCUT2D eigenvalue weighted by molar-refractivity contribution is 5.00. The average Bonchev–Trinajstić information content (AvgIpc) is 2.08. The molecule has 0 unspecified atom stereocenters. The number of hydrogen-bond donors (Lipinski definition) is 1. The Hall–Kier alpha value is -0.480. The average molecular weight is 195 g/mol. The van der Waals surface area contributed by atoms with Crippen LogP contribution in [-0.4, -0.2) is 12.6 Å². The topological polar surface area (TPSA) is 12.0 Å². The van der Waals surface area contributed by atoms with E-state index >= 15 is 0 Å². The van der Waals surface area contributed by atoms with Crippen LogP contribution in [0.15, 0.2) is 0 Å². The quantitative estimate of drug-likeness (QED) is 0.507. The van der Waals surface area contributed by atoms with Crippen LogP contribution in [-0.2, 0) is 0 Å². The number of rotatable bonds is 6. The van der Waals surface area contributed by atoms with Crippen LogP contribution < -0.4 is 5.32 Å². The second kappa shape index (κ2) is 9.09. The van der Waals surface area contributed by atoms with Crippen LogP contribution in [0.2, 0.25) is 0 Å². The maximum Gasteiger partial charge on any atom is 0.0578 e. The van der Waals surface area contributed by atoms with Crippen molar-refractivity contribution in [2.24, 2.45) is 5.92 Å². The van der Waals surface area contributed by atoms with Crippen LogP contribution in [0.5, 0.6) is 0 Å². The van der Waals surface area contributed by atoms with Gasteiger partial charge in [-0.05, 0) is 26.2 Å². The van der Waals surface area contributed by atoms with Gasteiger partial charge in [-0.15, -0.1) is 5.92 Å². The summed E-state index contributed by atoms with van der Waals surface area (Å²) in [5, 5.41) is 3.28. The van der Waals surface area contributed by atoms with Gasteiger partial charge in [0.15, 0.2) is 0 Å². The summed E-state index contributed by atoms with van der Waals surface area (Å²) in [7, 11) is 0. The molecule has 0 rings (SSSR count). The van der Waals surface area contributed by atoms with E-state index in [1.54, 1.807) is 0 Å². The molecule has 0 aromatic heterocycles. The molecule has 0 atom stereocenters. The van der Waals surface area contributed by atoms with Gasteiger partial charge >= 0.3 is 0 Å². The number of hydrogen-bond acceptors (Lipinski definition) is 1. The van der Waals surface area contributed by atoms with Crippen molar-refractivity contribution in [1.29, 1.82) is 0 Å². The molecule has 14 heavy (non-hydrogen) atoms. The Morgan fingerprint density at radius 1 is 1.00 bits per heavy atom. The van der Waals surface area contributed by atoms with Crippen molar-refractivity contribution in [2.75, 3.05) is 6.54 Å². The predicted molar refractivity (Wildman–Crippen MR) is 64.2 cm³/mol. The van der Waals surface area contributed by atoms with Crippen LogP contribution in [0.3, 0.4) is 0 Å². The van der Waals surface area contributed by atoms with Gasteiger partial charge in [0.2, 0.25) is 0 Å². The second-order valence-corrected chi connectivity index (χ2v) is 4.53. The van der Waals surface area contributed by atoms with Crippen molar-refractivity contribution in [3.63, 3.8) is 0 Å². The fourth-order valence-corrected chi connectivity index (χ4v) is 1.17. The lowest BCUT2D eigenvalue weighted by Crippen LogP contribution is -2.22. The van der Waals surface area contributed by atoms with Gasteiger partial charge in [0.1, 0.15) is 0 Å². The summed E-state index contributed by atoms with van der Waals surface area (Å²) in [4.78, 5) is 0. The summed E-state index contributed by atoms with van der Waals surface area (Å²) in [6, 6.07) is 0.547. The smallest absolute Gasteiger partial charge is 0.0578 e. The lowest BCUT2D eigenvalue weighted by atomic mass is 10.1. The highest BCUT2D eigenvalue weighted by Crippen LogP contribution is 2.07. The van der Waals surface area contributed by atoms with Gasteiger partial charge in [-0.25, -0.2) is 0 Å². The first-order valence-corrected chi connectivity index (χ1v) is 5.82. The zero-order chi connectivity index (χ0) is 10.8. The summed E-state index contributed by atoms with van der Waals surface area (Å²) in [5.41, 5.74) is 0. The predicted octanol–water partition coefficient (Wildman–Crippen LogP) is 3.20. The van der Waals surface area contributed by atoms with Crippen LogP contribution in [0.1, 0.15) is 53.4 Å². The van der Waals surface area contributed by atoms with Crippen LogP contribution in [0, 0.1) is 17.8 Å². The molecule has 1 N–H and O–H groups in total. The minimum atomic E-state index is 0.547. The Kier molecular flexibility index (Phi) is 8.78. The lowest BCUT2D eigenvalue weighted by Gasteiger charge is -2.02. The molecule has 0 bridgehead atoms. The summed E-state index contributed by atoms with van der Waals surface area (Å²) < 4.78 is 0. The molecular formula is C13H25N. The molecule has 0 saturated heterocycles. The summed E-state index contributed by atoms with van der Waals surface area (Å²) >= 11 is 0. The molecule has 0 radical (unpaired) electrons. The molecular weight excluding hydrogens is 170 g/mol. The Morgan fingerprint density at radius 3 is 2.29 bits per heavy atom. The maximum absolute atomic E-state index is 3.28. The monoisotopic (exact) mass is 195 g/mol. The molecule has 0 amide bonds. The van der Waals surface area contributed by atoms with Crippen molar-refractivity contribution in [1.82, 2.24) is 5.32 Å². The standard InChI is InChI=1S/C13H25N/c1-12(2)10-8-6-5-7-9-11-14-13(3)4/h12-14H,5-6,8,10-11H2,1-4H3. The summed E-state index contributed by atoms with van der Waals surface area (Å²) in [6.45, 7) is 9.67. The van der Waals surface area contributed by atoms with Gasteiger partial charge in [0, 0.05) is 12.5 Å². The summed E-state index contributed by atoms with van der Waals surface area (Å²) in [6.07, 6.45) is 4.98. The van der Waals surface area contributed by atoms with Crippen molar-refractivity contribution in [3.05, 3.63) is 0 Å². The Balaban J connectivity index is 3.18. The maximum atomic E-state index is 3.28. The zero-order valence-electron chi connectivity index (χ0n) is 10.2. The molecule has 0 heterocycles. The van der Waals surface area contributed by atoms with E-state index in [2.05, 4.69) is 44.9 Å². The fraction of sp³-hybridized carbons (Fsp3) is 0.846.